The van der Waals surface area contributed by atoms with Crippen LogP contribution in [0.1, 0.15) is 20.3 Å². The fourth-order valence-corrected chi connectivity index (χ4v) is 3.02. The largest absolute Gasteiger partial charge is 0.387 e. The molecule has 7 nitrogen and oxygen atoms in total. The van der Waals surface area contributed by atoms with Gasteiger partial charge in [-0.15, -0.1) is 0 Å². The summed E-state index contributed by atoms with van der Waals surface area (Å²) in [5.74, 6) is 0. The first-order valence-corrected chi connectivity index (χ1v) is 7.28. The molecule has 1 aromatic carbocycles. The number of rotatable bonds is 6. The molecule has 0 saturated carbocycles. The maximum absolute atomic E-state index is 12.2. The van der Waals surface area contributed by atoms with E-state index in [2.05, 4.69) is 10.0 Å². The van der Waals surface area contributed by atoms with Gasteiger partial charge in [-0.25, -0.2) is 13.1 Å². The number of hydrogen-bond donors (Lipinski definition) is 2. The van der Waals surface area contributed by atoms with E-state index in [0.717, 1.165) is 6.07 Å². The minimum Gasteiger partial charge on any atom is -0.387 e. The van der Waals surface area contributed by atoms with Gasteiger partial charge >= 0.3 is 0 Å². The molecule has 0 heterocycles. The molecule has 1 unspecified atom stereocenters. The smallest absolute Gasteiger partial charge is 0.270 e. The van der Waals surface area contributed by atoms with E-state index in [1.165, 1.54) is 12.1 Å². The molecule has 0 bridgehead atoms. The Kier molecular flexibility index (Phi) is 4.84. The highest BCUT2D eigenvalue weighted by molar-refractivity contribution is 7.89. The van der Waals surface area contributed by atoms with Gasteiger partial charge in [0.1, 0.15) is 4.90 Å². The van der Waals surface area contributed by atoms with Crippen LogP contribution in [-0.4, -0.2) is 26.4 Å². The van der Waals surface area contributed by atoms with Crippen molar-refractivity contribution in [1.29, 1.82) is 0 Å². The Labute approximate surface area is 112 Å². The van der Waals surface area contributed by atoms with Crippen molar-refractivity contribution >= 4 is 21.4 Å². The molecule has 1 rings (SSSR count). The van der Waals surface area contributed by atoms with Gasteiger partial charge in [-0.2, -0.15) is 0 Å². The minimum atomic E-state index is -3.79. The highest BCUT2D eigenvalue weighted by Crippen LogP contribution is 2.26. The van der Waals surface area contributed by atoms with Gasteiger partial charge in [0.05, 0.1) is 10.6 Å². The maximum atomic E-state index is 12.2. The summed E-state index contributed by atoms with van der Waals surface area (Å²) in [4.78, 5) is 9.98. The molecule has 106 valence electrons. The normalized spacial score (nSPS) is 13.0. The first kappa shape index (κ1) is 15.4. The molecule has 2 N–H and O–H groups in total. The second-order valence-corrected chi connectivity index (χ2v) is 5.80. The van der Waals surface area contributed by atoms with Gasteiger partial charge in [-0.05, 0) is 19.4 Å². The van der Waals surface area contributed by atoms with Crippen LogP contribution in [0.2, 0.25) is 0 Å². The zero-order valence-corrected chi connectivity index (χ0v) is 11.8. The highest BCUT2D eigenvalue weighted by atomic mass is 32.2. The third-order valence-corrected chi connectivity index (χ3v) is 4.33. The second kappa shape index (κ2) is 5.98. The lowest BCUT2D eigenvalue weighted by atomic mass is 10.3. The Morgan fingerprint density at radius 2 is 2.05 bits per heavy atom. The Hall–Kier alpha value is -1.67. The monoisotopic (exact) mass is 287 g/mol. The number of hydrogen-bond acceptors (Lipinski definition) is 5. The third kappa shape index (κ3) is 3.65. The molecule has 0 spiro atoms. The molecule has 1 atom stereocenters. The number of anilines is 1. The Balaban J connectivity index is 3.30. The van der Waals surface area contributed by atoms with Crippen molar-refractivity contribution in [2.45, 2.75) is 31.2 Å². The average molecular weight is 287 g/mol. The van der Waals surface area contributed by atoms with Crippen LogP contribution in [0, 0.1) is 10.1 Å². The Bertz CT molecular complexity index is 571. The zero-order valence-electron chi connectivity index (χ0n) is 11.0. The van der Waals surface area contributed by atoms with Gasteiger partial charge in [0.2, 0.25) is 10.0 Å². The summed E-state index contributed by atoms with van der Waals surface area (Å²) in [5.41, 5.74) is 0.0601. The lowest BCUT2D eigenvalue weighted by Crippen LogP contribution is -2.32. The topological polar surface area (TPSA) is 101 Å². The van der Waals surface area contributed by atoms with Crippen molar-refractivity contribution in [3.05, 3.63) is 28.3 Å². The van der Waals surface area contributed by atoms with E-state index >= 15 is 0 Å². The van der Waals surface area contributed by atoms with Crippen LogP contribution in [0.15, 0.2) is 23.1 Å². The lowest BCUT2D eigenvalue weighted by molar-refractivity contribution is -0.385. The molecule has 0 aliphatic carbocycles. The first-order chi connectivity index (χ1) is 8.81. The van der Waals surface area contributed by atoms with Gasteiger partial charge in [0, 0.05) is 25.2 Å². The fraction of sp³-hybridized carbons (Fsp3) is 0.455. The summed E-state index contributed by atoms with van der Waals surface area (Å²) in [6, 6.07) is 3.45. The quantitative estimate of drug-likeness (QED) is 0.612. The molecule has 0 saturated heterocycles. The molecule has 0 fully saturated rings. The van der Waals surface area contributed by atoms with Crippen molar-refractivity contribution in [2.24, 2.45) is 0 Å². The summed E-state index contributed by atoms with van der Waals surface area (Å²) in [5, 5.41) is 13.4. The van der Waals surface area contributed by atoms with Crippen molar-refractivity contribution in [2.75, 3.05) is 12.4 Å². The SMILES string of the molecule is CCC(C)NS(=O)(=O)c1cc([N+](=O)[O-])ccc1NC. The zero-order chi connectivity index (χ0) is 14.6. The van der Waals surface area contributed by atoms with Gasteiger partial charge in [0.25, 0.3) is 5.69 Å². The molecule has 0 amide bonds. The van der Waals surface area contributed by atoms with Crippen LogP contribution in [0.3, 0.4) is 0 Å². The van der Waals surface area contributed by atoms with E-state index in [1.807, 2.05) is 6.92 Å². The fourth-order valence-electron chi connectivity index (χ4n) is 1.47. The first-order valence-electron chi connectivity index (χ1n) is 5.80. The number of nitro benzene ring substituents is 1. The summed E-state index contributed by atoms with van der Waals surface area (Å²) in [6.45, 7) is 3.58. The molecular weight excluding hydrogens is 270 g/mol. The molecule has 1 aromatic rings. The van der Waals surface area contributed by atoms with Crippen LogP contribution in [0.5, 0.6) is 0 Å². The van der Waals surface area contributed by atoms with Gasteiger partial charge < -0.3 is 5.32 Å². The molecule has 0 aliphatic heterocycles. The predicted molar refractivity (Wildman–Crippen MR) is 72.7 cm³/mol. The van der Waals surface area contributed by atoms with Crippen LogP contribution >= 0.6 is 0 Å². The van der Waals surface area contributed by atoms with Gasteiger partial charge in [0.15, 0.2) is 0 Å². The lowest BCUT2D eigenvalue weighted by Gasteiger charge is -2.14. The summed E-state index contributed by atoms with van der Waals surface area (Å²) in [7, 11) is -2.23. The van der Waals surface area contributed by atoms with Gasteiger partial charge in [-0.1, -0.05) is 6.92 Å². The predicted octanol–water partition coefficient (Wildman–Crippen LogP) is 1.71. The number of nitrogens with one attached hydrogen (secondary N) is 2. The molecule has 19 heavy (non-hydrogen) atoms. The molecular formula is C11H17N3O4S. The summed E-state index contributed by atoms with van der Waals surface area (Å²) >= 11 is 0. The molecule has 0 aliphatic rings. The second-order valence-electron chi connectivity index (χ2n) is 4.12. The van der Waals surface area contributed by atoms with Crippen molar-refractivity contribution in [3.63, 3.8) is 0 Å². The number of benzene rings is 1. The third-order valence-electron chi connectivity index (χ3n) is 2.70. The van der Waals surface area contributed by atoms with Gasteiger partial charge in [-0.3, -0.25) is 10.1 Å². The van der Waals surface area contributed by atoms with E-state index in [9.17, 15) is 18.5 Å². The summed E-state index contributed by atoms with van der Waals surface area (Å²) in [6.07, 6.45) is 0.628. The average Bonchev–Trinajstić information content (AvgIpc) is 2.37. The maximum Gasteiger partial charge on any atom is 0.270 e. The molecule has 8 heteroatoms. The number of nitrogens with zero attached hydrogens (tertiary/aromatic N) is 1. The Morgan fingerprint density at radius 1 is 1.42 bits per heavy atom. The molecule has 0 aromatic heterocycles. The van der Waals surface area contributed by atoms with Crippen molar-refractivity contribution < 1.29 is 13.3 Å². The van der Waals surface area contributed by atoms with E-state index in [4.69, 9.17) is 0 Å². The molecule has 0 radical (unpaired) electrons. The number of non-ortho nitro benzene ring substituents is 1. The van der Waals surface area contributed by atoms with E-state index in [0.29, 0.717) is 12.1 Å². The van der Waals surface area contributed by atoms with E-state index in [-0.39, 0.29) is 16.6 Å². The minimum absolute atomic E-state index is 0.121. The highest BCUT2D eigenvalue weighted by Gasteiger charge is 2.23. The van der Waals surface area contributed by atoms with Crippen LogP contribution in [0.25, 0.3) is 0 Å². The van der Waals surface area contributed by atoms with Crippen LogP contribution < -0.4 is 10.0 Å². The van der Waals surface area contributed by atoms with Crippen molar-refractivity contribution in [3.8, 4) is 0 Å². The van der Waals surface area contributed by atoms with Crippen molar-refractivity contribution in [1.82, 2.24) is 4.72 Å². The van der Waals surface area contributed by atoms with E-state index < -0.39 is 14.9 Å². The van der Waals surface area contributed by atoms with Crippen LogP contribution in [0.4, 0.5) is 11.4 Å². The van der Waals surface area contributed by atoms with E-state index in [1.54, 1.807) is 14.0 Å². The summed E-state index contributed by atoms with van der Waals surface area (Å²) < 4.78 is 26.8. The number of sulfonamides is 1. The number of nitro groups is 1. The standard InChI is InChI=1S/C11H17N3O4S/c1-4-8(2)13-19(17,18)11-7-9(14(15)16)5-6-10(11)12-3/h5-8,12-13H,4H2,1-3H3. The van der Waals surface area contributed by atoms with Crippen LogP contribution in [-0.2, 0) is 10.0 Å². The Morgan fingerprint density at radius 3 is 2.53 bits per heavy atom.